The highest BCUT2D eigenvalue weighted by molar-refractivity contribution is 5.94. The summed E-state index contributed by atoms with van der Waals surface area (Å²) in [5.74, 6) is 1.61. The zero-order valence-electron chi connectivity index (χ0n) is 14.4. The van der Waals surface area contributed by atoms with Gasteiger partial charge in [-0.2, -0.15) is 0 Å². The third-order valence-corrected chi connectivity index (χ3v) is 3.74. The Labute approximate surface area is 137 Å². The van der Waals surface area contributed by atoms with Crippen molar-refractivity contribution in [3.05, 3.63) is 53.0 Å². The Bertz CT molecular complexity index is 660. The van der Waals surface area contributed by atoms with Gasteiger partial charge in [-0.15, -0.1) is 0 Å². The van der Waals surface area contributed by atoms with Crippen molar-refractivity contribution in [1.29, 1.82) is 0 Å². The smallest absolute Gasteiger partial charge is 0.253 e. The van der Waals surface area contributed by atoms with Crippen LogP contribution in [0.25, 0.3) is 0 Å². The normalized spacial score (nSPS) is 10.7. The molecule has 0 saturated heterocycles. The molecule has 1 N–H and O–H groups in total. The fraction of sp³-hybridized carbons (Fsp3) is 0.389. The molecule has 0 radical (unpaired) electrons. The lowest BCUT2D eigenvalue weighted by atomic mass is 10.1. The lowest BCUT2D eigenvalue weighted by Crippen LogP contribution is -2.32. The van der Waals surface area contributed by atoms with Crippen molar-refractivity contribution in [2.75, 3.05) is 12.4 Å². The molecule has 1 aromatic carbocycles. The molecule has 0 aliphatic heterocycles. The first kappa shape index (κ1) is 16.9. The molecule has 1 heterocycles. The monoisotopic (exact) mass is 312 g/mol. The number of aromatic nitrogens is 2. The van der Waals surface area contributed by atoms with E-state index in [0.29, 0.717) is 12.1 Å². The zero-order valence-corrected chi connectivity index (χ0v) is 14.4. The average molecular weight is 312 g/mol. The number of carbonyl (C=O) groups excluding carboxylic acids is 1. The lowest BCUT2D eigenvalue weighted by molar-refractivity contribution is 0.0755. The molecule has 0 fully saturated rings. The second kappa shape index (κ2) is 7.22. The summed E-state index contributed by atoms with van der Waals surface area (Å²) in [5, 5.41) is 3.29. The van der Waals surface area contributed by atoms with Crippen LogP contribution in [-0.2, 0) is 6.54 Å². The maximum absolute atomic E-state index is 12.2. The predicted octanol–water partition coefficient (Wildman–Crippen LogP) is 3.19. The van der Waals surface area contributed by atoms with Crippen LogP contribution in [-0.4, -0.2) is 33.9 Å². The van der Waals surface area contributed by atoms with E-state index >= 15 is 0 Å². The minimum atomic E-state index is 0.0431. The Balaban J connectivity index is 2.01. The van der Waals surface area contributed by atoms with Crippen molar-refractivity contribution in [1.82, 2.24) is 14.9 Å². The van der Waals surface area contributed by atoms with Crippen molar-refractivity contribution in [3.8, 4) is 0 Å². The minimum Gasteiger partial charge on any atom is -0.366 e. The van der Waals surface area contributed by atoms with E-state index in [0.717, 1.165) is 22.9 Å². The molecule has 0 aliphatic carbocycles. The van der Waals surface area contributed by atoms with Crippen LogP contribution in [0.15, 0.2) is 30.3 Å². The standard InChI is InChI=1S/C18H24N4O/c1-12(2)22(5)18(23)16-8-6-15(7-9-16)11-19-17-10-13(3)20-14(4)21-17/h6-10,12H,11H2,1-5H3,(H,19,20,21). The molecule has 0 atom stereocenters. The van der Waals surface area contributed by atoms with Crippen LogP contribution >= 0.6 is 0 Å². The summed E-state index contributed by atoms with van der Waals surface area (Å²) in [5.41, 5.74) is 2.75. The fourth-order valence-electron chi connectivity index (χ4n) is 2.20. The van der Waals surface area contributed by atoms with E-state index in [-0.39, 0.29) is 11.9 Å². The second-order valence-corrected chi connectivity index (χ2v) is 6.00. The predicted molar refractivity (Wildman–Crippen MR) is 92.5 cm³/mol. The molecule has 23 heavy (non-hydrogen) atoms. The van der Waals surface area contributed by atoms with Gasteiger partial charge in [0.05, 0.1) is 0 Å². The minimum absolute atomic E-state index is 0.0431. The van der Waals surface area contributed by atoms with E-state index in [1.165, 1.54) is 0 Å². The van der Waals surface area contributed by atoms with Crippen molar-refractivity contribution < 1.29 is 4.79 Å². The van der Waals surface area contributed by atoms with Gasteiger partial charge in [-0.1, -0.05) is 12.1 Å². The highest BCUT2D eigenvalue weighted by Crippen LogP contribution is 2.11. The summed E-state index contributed by atoms with van der Waals surface area (Å²) in [7, 11) is 1.82. The maximum Gasteiger partial charge on any atom is 0.253 e. The summed E-state index contributed by atoms with van der Waals surface area (Å²) in [6.07, 6.45) is 0. The third-order valence-electron chi connectivity index (χ3n) is 3.74. The van der Waals surface area contributed by atoms with E-state index in [1.807, 2.05) is 65.1 Å². The SMILES string of the molecule is Cc1cc(NCc2ccc(C(=O)N(C)C(C)C)cc2)nc(C)n1. The Morgan fingerprint density at radius 3 is 2.39 bits per heavy atom. The molecule has 5 heteroatoms. The number of nitrogens with one attached hydrogen (secondary N) is 1. The summed E-state index contributed by atoms with van der Waals surface area (Å²) in [6, 6.07) is 9.78. The zero-order chi connectivity index (χ0) is 17.0. The molecule has 2 aromatic rings. The van der Waals surface area contributed by atoms with Gasteiger partial charge >= 0.3 is 0 Å². The van der Waals surface area contributed by atoms with Gasteiger partial charge in [0.25, 0.3) is 5.91 Å². The topological polar surface area (TPSA) is 58.1 Å². The largest absolute Gasteiger partial charge is 0.366 e. The summed E-state index contributed by atoms with van der Waals surface area (Å²) < 4.78 is 0. The van der Waals surface area contributed by atoms with Gasteiger partial charge in [0.2, 0.25) is 0 Å². The fourth-order valence-corrected chi connectivity index (χ4v) is 2.20. The van der Waals surface area contributed by atoms with Crippen LogP contribution < -0.4 is 5.32 Å². The van der Waals surface area contributed by atoms with E-state index in [1.54, 1.807) is 4.90 Å². The quantitative estimate of drug-likeness (QED) is 0.921. The molecule has 122 valence electrons. The molecule has 0 aliphatic rings. The summed E-state index contributed by atoms with van der Waals surface area (Å²) >= 11 is 0. The Morgan fingerprint density at radius 1 is 1.17 bits per heavy atom. The highest BCUT2D eigenvalue weighted by atomic mass is 16.2. The molecule has 1 amide bonds. The van der Waals surface area contributed by atoms with Crippen LogP contribution in [0.1, 0.15) is 41.3 Å². The molecular weight excluding hydrogens is 288 g/mol. The van der Waals surface area contributed by atoms with E-state index in [9.17, 15) is 4.79 Å². The first-order valence-electron chi connectivity index (χ1n) is 7.79. The van der Waals surface area contributed by atoms with Crippen molar-refractivity contribution in [2.45, 2.75) is 40.3 Å². The number of rotatable bonds is 5. The number of carbonyl (C=O) groups is 1. The van der Waals surface area contributed by atoms with Gasteiger partial charge in [0.15, 0.2) is 0 Å². The molecule has 5 nitrogen and oxygen atoms in total. The van der Waals surface area contributed by atoms with Gasteiger partial charge in [0.1, 0.15) is 11.6 Å². The Morgan fingerprint density at radius 2 is 1.83 bits per heavy atom. The molecular formula is C18H24N4O. The number of amides is 1. The molecule has 0 unspecified atom stereocenters. The third kappa shape index (κ3) is 4.52. The molecule has 0 bridgehead atoms. The summed E-state index contributed by atoms with van der Waals surface area (Å²) in [4.78, 5) is 22.6. The van der Waals surface area contributed by atoms with Gasteiger partial charge < -0.3 is 10.2 Å². The maximum atomic E-state index is 12.2. The van der Waals surface area contributed by atoms with E-state index < -0.39 is 0 Å². The lowest BCUT2D eigenvalue weighted by Gasteiger charge is -2.21. The van der Waals surface area contributed by atoms with Crippen LogP contribution in [0, 0.1) is 13.8 Å². The van der Waals surface area contributed by atoms with E-state index in [2.05, 4.69) is 15.3 Å². The first-order chi connectivity index (χ1) is 10.9. The van der Waals surface area contributed by atoms with Gasteiger partial charge in [-0.25, -0.2) is 9.97 Å². The molecule has 1 aromatic heterocycles. The van der Waals surface area contributed by atoms with Gasteiger partial charge in [0, 0.05) is 37.0 Å². The Hall–Kier alpha value is -2.43. The summed E-state index contributed by atoms with van der Waals surface area (Å²) in [6.45, 7) is 8.49. The highest BCUT2D eigenvalue weighted by Gasteiger charge is 2.13. The molecule has 0 spiro atoms. The van der Waals surface area contributed by atoms with Crippen LogP contribution in [0.3, 0.4) is 0 Å². The van der Waals surface area contributed by atoms with Gasteiger partial charge in [-0.05, 0) is 45.4 Å². The van der Waals surface area contributed by atoms with Crippen molar-refractivity contribution >= 4 is 11.7 Å². The number of hydrogen-bond donors (Lipinski definition) is 1. The van der Waals surface area contributed by atoms with E-state index in [4.69, 9.17) is 0 Å². The Kier molecular flexibility index (Phi) is 5.32. The second-order valence-electron chi connectivity index (χ2n) is 6.00. The number of hydrogen-bond acceptors (Lipinski definition) is 4. The number of nitrogens with zero attached hydrogens (tertiary/aromatic N) is 3. The van der Waals surface area contributed by atoms with Crippen molar-refractivity contribution in [3.63, 3.8) is 0 Å². The molecule has 0 saturated carbocycles. The molecule has 2 rings (SSSR count). The number of aryl methyl sites for hydroxylation is 2. The van der Waals surface area contributed by atoms with Crippen molar-refractivity contribution in [2.24, 2.45) is 0 Å². The van der Waals surface area contributed by atoms with Crippen LogP contribution in [0.4, 0.5) is 5.82 Å². The van der Waals surface area contributed by atoms with Gasteiger partial charge in [-0.3, -0.25) is 4.79 Å². The number of benzene rings is 1. The average Bonchev–Trinajstić information content (AvgIpc) is 2.51. The first-order valence-corrected chi connectivity index (χ1v) is 7.79. The number of anilines is 1. The van der Waals surface area contributed by atoms with Crippen LogP contribution in [0.2, 0.25) is 0 Å². The van der Waals surface area contributed by atoms with Crippen LogP contribution in [0.5, 0.6) is 0 Å².